The van der Waals surface area contributed by atoms with Crippen LogP contribution in [0.4, 0.5) is 5.69 Å². The molecule has 0 radical (unpaired) electrons. The molecule has 0 unspecified atom stereocenters. The Morgan fingerprint density at radius 2 is 1.93 bits per heavy atom. The predicted molar refractivity (Wildman–Crippen MR) is 66.2 cm³/mol. The first kappa shape index (κ1) is 12.6. The van der Waals surface area contributed by atoms with Crippen molar-refractivity contribution < 1.29 is 4.74 Å². The SMILES string of the molecule is CNc1cc(Cl)c(Cl)cc1CCCOC. The topological polar surface area (TPSA) is 21.3 Å². The first-order chi connectivity index (χ1) is 7.19. The highest BCUT2D eigenvalue weighted by Gasteiger charge is 2.06. The van der Waals surface area contributed by atoms with Crippen molar-refractivity contribution >= 4 is 28.9 Å². The van der Waals surface area contributed by atoms with Gasteiger partial charge >= 0.3 is 0 Å². The van der Waals surface area contributed by atoms with Crippen molar-refractivity contribution in [3.8, 4) is 0 Å². The van der Waals surface area contributed by atoms with Crippen molar-refractivity contribution in [2.24, 2.45) is 0 Å². The van der Waals surface area contributed by atoms with Crippen molar-refractivity contribution in [2.75, 3.05) is 26.1 Å². The van der Waals surface area contributed by atoms with Gasteiger partial charge in [0.1, 0.15) is 0 Å². The van der Waals surface area contributed by atoms with Gasteiger partial charge in [-0.3, -0.25) is 0 Å². The minimum Gasteiger partial charge on any atom is -0.388 e. The molecule has 0 bridgehead atoms. The van der Waals surface area contributed by atoms with E-state index in [1.807, 2.05) is 19.2 Å². The molecular weight excluding hydrogens is 233 g/mol. The zero-order valence-electron chi connectivity index (χ0n) is 8.94. The second-order valence-electron chi connectivity index (χ2n) is 3.27. The highest BCUT2D eigenvalue weighted by atomic mass is 35.5. The van der Waals surface area contributed by atoms with Crippen LogP contribution >= 0.6 is 23.2 Å². The molecule has 1 aromatic rings. The molecule has 84 valence electrons. The Balaban J connectivity index is 2.80. The van der Waals surface area contributed by atoms with Gasteiger partial charge in [0.25, 0.3) is 0 Å². The summed E-state index contributed by atoms with van der Waals surface area (Å²) in [5.41, 5.74) is 2.20. The molecule has 1 aromatic carbocycles. The molecule has 1 N–H and O–H groups in total. The number of ether oxygens (including phenoxy) is 1. The van der Waals surface area contributed by atoms with Crippen molar-refractivity contribution in [1.29, 1.82) is 0 Å². The van der Waals surface area contributed by atoms with Gasteiger partial charge in [0.05, 0.1) is 10.0 Å². The van der Waals surface area contributed by atoms with Crippen LogP contribution in [0.25, 0.3) is 0 Å². The summed E-state index contributed by atoms with van der Waals surface area (Å²) >= 11 is 11.9. The Labute approximate surface area is 101 Å². The van der Waals surface area contributed by atoms with Crippen LogP contribution in [0.3, 0.4) is 0 Å². The summed E-state index contributed by atoms with van der Waals surface area (Å²) in [5, 5.41) is 4.29. The van der Waals surface area contributed by atoms with E-state index in [1.54, 1.807) is 7.11 Å². The third kappa shape index (κ3) is 3.56. The number of nitrogens with one attached hydrogen (secondary N) is 1. The van der Waals surface area contributed by atoms with E-state index < -0.39 is 0 Å². The van der Waals surface area contributed by atoms with Crippen LogP contribution in [0.2, 0.25) is 10.0 Å². The van der Waals surface area contributed by atoms with Crippen LogP contribution in [0.15, 0.2) is 12.1 Å². The molecule has 2 nitrogen and oxygen atoms in total. The summed E-state index contributed by atoms with van der Waals surface area (Å²) in [6, 6.07) is 3.76. The number of rotatable bonds is 5. The quantitative estimate of drug-likeness (QED) is 0.803. The molecule has 0 aliphatic rings. The summed E-state index contributed by atoms with van der Waals surface area (Å²) in [5.74, 6) is 0. The average Bonchev–Trinajstić information content (AvgIpc) is 2.23. The first-order valence-corrected chi connectivity index (χ1v) is 5.59. The molecule has 4 heteroatoms. The molecule has 0 saturated heterocycles. The van der Waals surface area contributed by atoms with E-state index in [-0.39, 0.29) is 0 Å². The van der Waals surface area contributed by atoms with Gasteiger partial charge in [-0.2, -0.15) is 0 Å². The number of hydrogen-bond donors (Lipinski definition) is 1. The van der Waals surface area contributed by atoms with Crippen LogP contribution in [0.1, 0.15) is 12.0 Å². The van der Waals surface area contributed by atoms with Gasteiger partial charge in [-0.15, -0.1) is 0 Å². The second kappa shape index (κ2) is 6.21. The van der Waals surface area contributed by atoms with Crippen molar-refractivity contribution in [3.05, 3.63) is 27.7 Å². The molecule has 0 heterocycles. The minimum atomic E-state index is 0.580. The van der Waals surface area contributed by atoms with Crippen LogP contribution in [0, 0.1) is 0 Å². The monoisotopic (exact) mass is 247 g/mol. The van der Waals surface area contributed by atoms with Gasteiger partial charge in [-0.1, -0.05) is 23.2 Å². The largest absolute Gasteiger partial charge is 0.388 e. The Hall–Kier alpha value is -0.440. The smallest absolute Gasteiger partial charge is 0.0613 e. The molecule has 0 aromatic heterocycles. The standard InChI is InChI=1S/C11H15Cl2NO/c1-14-11-7-10(13)9(12)6-8(11)4-3-5-15-2/h6-7,14H,3-5H2,1-2H3. The maximum Gasteiger partial charge on any atom is 0.0613 e. The van der Waals surface area contributed by atoms with E-state index in [9.17, 15) is 0 Å². The van der Waals surface area contributed by atoms with E-state index in [2.05, 4.69) is 5.32 Å². The van der Waals surface area contributed by atoms with Gasteiger partial charge in [0, 0.05) is 26.5 Å². The number of anilines is 1. The molecule has 0 spiro atoms. The van der Waals surface area contributed by atoms with Crippen LogP contribution in [-0.4, -0.2) is 20.8 Å². The molecule has 0 atom stereocenters. The van der Waals surface area contributed by atoms with Crippen LogP contribution in [-0.2, 0) is 11.2 Å². The van der Waals surface area contributed by atoms with Gasteiger partial charge in [-0.05, 0) is 30.5 Å². The maximum absolute atomic E-state index is 5.96. The summed E-state index contributed by atoms with van der Waals surface area (Å²) in [7, 11) is 3.58. The minimum absolute atomic E-state index is 0.580. The third-order valence-corrected chi connectivity index (χ3v) is 2.93. The van der Waals surface area contributed by atoms with Crippen LogP contribution in [0.5, 0.6) is 0 Å². The third-order valence-electron chi connectivity index (χ3n) is 2.21. The molecule has 0 amide bonds. The van der Waals surface area contributed by atoms with Crippen molar-refractivity contribution in [1.82, 2.24) is 0 Å². The van der Waals surface area contributed by atoms with Crippen LogP contribution < -0.4 is 5.32 Å². The summed E-state index contributed by atoms with van der Waals surface area (Å²) in [4.78, 5) is 0. The zero-order valence-corrected chi connectivity index (χ0v) is 10.5. The maximum atomic E-state index is 5.96. The lowest BCUT2D eigenvalue weighted by molar-refractivity contribution is 0.195. The number of hydrogen-bond acceptors (Lipinski definition) is 2. The summed E-state index contributed by atoms with van der Waals surface area (Å²) in [6.07, 6.45) is 1.91. The van der Waals surface area contributed by atoms with E-state index in [4.69, 9.17) is 27.9 Å². The molecule has 15 heavy (non-hydrogen) atoms. The molecule has 0 aliphatic heterocycles. The molecule has 0 saturated carbocycles. The van der Waals surface area contributed by atoms with E-state index in [1.165, 1.54) is 5.56 Å². The fourth-order valence-corrected chi connectivity index (χ4v) is 1.78. The fourth-order valence-electron chi connectivity index (χ4n) is 1.43. The first-order valence-electron chi connectivity index (χ1n) is 4.83. The van der Waals surface area contributed by atoms with Gasteiger partial charge < -0.3 is 10.1 Å². The Bertz CT molecular complexity index is 329. The highest BCUT2D eigenvalue weighted by Crippen LogP contribution is 2.29. The van der Waals surface area contributed by atoms with Crippen molar-refractivity contribution in [2.45, 2.75) is 12.8 Å². The molecule has 0 fully saturated rings. The molecule has 1 rings (SSSR count). The van der Waals surface area contributed by atoms with Gasteiger partial charge in [-0.25, -0.2) is 0 Å². The number of methoxy groups -OCH3 is 1. The van der Waals surface area contributed by atoms with Gasteiger partial charge in [0.2, 0.25) is 0 Å². The van der Waals surface area contributed by atoms with E-state index in [0.717, 1.165) is 25.1 Å². The van der Waals surface area contributed by atoms with Crippen molar-refractivity contribution in [3.63, 3.8) is 0 Å². The zero-order chi connectivity index (χ0) is 11.3. The Kier molecular flexibility index (Phi) is 5.23. The molecule has 0 aliphatic carbocycles. The number of aryl methyl sites for hydroxylation is 1. The lowest BCUT2D eigenvalue weighted by atomic mass is 10.1. The average molecular weight is 248 g/mol. The summed E-state index contributed by atoms with van der Waals surface area (Å²) in [6.45, 7) is 0.753. The Morgan fingerprint density at radius 3 is 2.53 bits per heavy atom. The lowest BCUT2D eigenvalue weighted by Gasteiger charge is -2.10. The highest BCUT2D eigenvalue weighted by molar-refractivity contribution is 6.42. The lowest BCUT2D eigenvalue weighted by Crippen LogP contribution is -1.98. The molecular formula is C11H15Cl2NO. The fraction of sp³-hybridized carbons (Fsp3) is 0.455. The number of benzene rings is 1. The van der Waals surface area contributed by atoms with E-state index in [0.29, 0.717) is 10.0 Å². The van der Waals surface area contributed by atoms with Gasteiger partial charge in [0.15, 0.2) is 0 Å². The second-order valence-corrected chi connectivity index (χ2v) is 4.08. The Morgan fingerprint density at radius 1 is 1.27 bits per heavy atom. The van der Waals surface area contributed by atoms with E-state index >= 15 is 0 Å². The normalized spacial score (nSPS) is 10.4. The predicted octanol–water partition coefficient (Wildman–Crippen LogP) is 3.61. The number of halogens is 2. The summed E-state index contributed by atoms with van der Waals surface area (Å²) < 4.78 is 5.01.